The van der Waals surface area contributed by atoms with E-state index >= 15 is 0 Å². The molecule has 2 heterocycles. The third-order valence-electron chi connectivity index (χ3n) is 5.79. The Labute approximate surface area is 144 Å². The smallest absolute Gasteiger partial charge is 0.275 e. The number of nitrogens with one attached hydrogen (secondary N) is 2. The first-order valence-electron chi connectivity index (χ1n) is 8.09. The molecule has 0 radical (unpaired) electrons. The minimum atomic E-state index is -3.56. The van der Waals surface area contributed by atoms with E-state index in [1.807, 2.05) is 0 Å². The zero-order valence-electron chi connectivity index (χ0n) is 12.5. The summed E-state index contributed by atoms with van der Waals surface area (Å²) in [5.41, 5.74) is 0.387. The first-order valence-corrected chi connectivity index (χ1v) is 10.8. The molecule has 5 nitrogen and oxygen atoms in total. The molecule has 2 N–H and O–H groups in total. The second kappa shape index (κ2) is 4.64. The molecule has 6 rings (SSSR count). The van der Waals surface area contributed by atoms with Crippen molar-refractivity contribution in [2.24, 2.45) is 22.7 Å². The van der Waals surface area contributed by atoms with Crippen LogP contribution in [0.2, 0.25) is 5.02 Å². The molecule has 1 aliphatic heterocycles. The van der Waals surface area contributed by atoms with E-state index < -0.39 is 10.0 Å². The number of sulfonamides is 1. The highest BCUT2D eigenvalue weighted by Gasteiger charge is 2.51. The zero-order valence-corrected chi connectivity index (χ0v) is 14.9. The van der Waals surface area contributed by atoms with E-state index in [0.717, 1.165) is 48.4 Å². The van der Waals surface area contributed by atoms with Gasteiger partial charge in [0.25, 0.3) is 10.0 Å². The third-order valence-corrected chi connectivity index (χ3v) is 9.09. The van der Waals surface area contributed by atoms with Crippen molar-refractivity contribution in [3.63, 3.8) is 0 Å². The summed E-state index contributed by atoms with van der Waals surface area (Å²) in [5, 5.41) is 5.20. The number of aliphatic imine (C=N–C) groups is 1. The standard InChI is InChI=1S/C15H18ClN3O2S2/c16-11-7-22-13-12(11)17-14(19-23(13,20)21)18-15-4-8-1-9(5-15)3-10(2-8)6-15/h7-10H,1-6H2,(H2,17,18,19). The molecule has 0 aromatic carbocycles. The molecule has 23 heavy (non-hydrogen) atoms. The number of fused-ring (bicyclic) bond motifs is 1. The minimum absolute atomic E-state index is 0.0837. The van der Waals surface area contributed by atoms with Crippen LogP contribution in [-0.2, 0) is 10.0 Å². The molecule has 0 unspecified atom stereocenters. The van der Waals surface area contributed by atoms with Gasteiger partial charge < -0.3 is 5.32 Å². The lowest BCUT2D eigenvalue weighted by Crippen LogP contribution is -2.51. The summed E-state index contributed by atoms with van der Waals surface area (Å²) in [6.45, 7) is 0. The fourth-order valence-corrected chi connectivity index (χ4v) is 8.08. The maximum Gasteiger partial charge on any atom is 0.275 e. The van der Waals surface area contributed by atoms with Gasteiger partial charge in [-0.25, -0.2) is 18.1 Å². The second-order valence-corrected chi connectivity index (χ2v) is 10.7. The van der Waals surface area contributed by atoms with Gasteiger partial charge in [0.15, 0.2) is 4.21 Å². The lowest BCUT2D eigenvalue weighted by molar-refractivity contribution is 0.00159. The van der Waals surface area contributed by atoms with Gasteiger partial charge in [-0.05, 0) is 56.3 Å². The summed E-state index contributed by atoms with van der Waals surface area (Å²) in [7, 11) is -3.56. The largest absolute Gasteiger partial charge is 0.322 e. The van der Waals surface area contributed by atoms with Crippen LogP contribution in [0.25, 0.3) is 0 Å². The molecule has 4 fully saturated rings. The SMILES string of the molecule is O=S1(=O)NC(=NC23CC4CC(CC(C4)C2)C3)Nc2c(Cl)csc21. The number of hydrogen-bond donors (Lipinski definition) is 2. The molecule has 4 saturated carbocycles. The molecule has 0 atom stereocenters. The van der Waals surface area contributed by atoms with Crippen LogP contribution in [0.5, 0.6) is 0 Å². The highest BCUT2D eigenvalue weighted by molar-refractivity contribution is 7.92. The predicted molar refractivity (Wildman–Crippen MR) is 91.6 cm³/mol. The number of rotatable bonds is 1. The molecule has 8 heteroatoms. The van der Waals surface area contributed by atoms with Crippen LogP contribution < -0.4 is 10.0 Å². The van der Waals surface area contributed by atoms with Gasteiger partial charge in [0.2, 0.25) is 5.96 Å². The highest BCUT2D eigenvalue weighted by atomic mass is 35.5. The van der Waals surface area contributed by atoms with Gasteiger partial charge in [-0.15, -0.1) is 11.3 Å². The quantitative estimate of drug-likeness (QED) is 0.794. The van der Waals surface area contributed by atoms with Crippen molar-refractivity contribution in [3.05, 3.63) is 10.4 Å². The molecular formula is C15H18ClN3O2S2. The Morgan fingerprint density at radius 1 is 1.17 bits per heavy atom. The van der Waals surface area contributed by atoms with Crippen molar-refractivity contribution in [1.29, 1.82) is 0 Å². The van der Waals surface area contributed by atoms with Crippen LogP contribution in [-0.4, -0.2) is 19.9 Å². The number of halogens is 1. The maximum absolute atomic E-state index is 12.4. The summed E-state index contributed by atoms with van der Waals surface area (Å²) < 4.78 is 27.6. The Morgan fingerprint density at radius 2 is 1.78 bits per heavy atom. The summed E-state index contributed by atoms with van der Waals surface area (Å²) in [5.74, 6) is 2.66. The Hall–Kier alpha value is -0.790. The molecular weight excluding hydrogens is 354 g/mol. The number of nitrogens with zero attached hydrogens (tertiary/aromatic N) is 1. The Kier molecular flexibility index (Phi) is 2.93. The normalized spacial score (nSPS) is 41.4. The Morgan fingerprint density at radius 3 is 2.39 bits per heavy atom. The van der Waals surface area contributed by atoms with Crippen molar-refractivity contribution >= 4 is 44.6 Å². The van der Waals surface area contributed by atoms with E-state index in [9.17, 15) is 8.42 Å². The maximum atomic E-state index is 12.4. The van der Waals surface area contributed by atoms with Crippen LogP contribution in [0.3, 0.4) is 0 Å². The Balaban J connectivity index is 1.53. The number of anilines is 1. The number of guanidine groups is 1. The van der Waals surface area contributed by atoms with Crippen LogP contribution in [0, 0.1) is 17.8 Å². The topological polar surface area (TPSA) is 70.6 Å². The van der Waals surface area contributed by atoms with Crippen molar-refractivity contribution in [2.45, 2.75) is 48.3 Å². The zero-order chi connectivity index (χ0) is 15.8. The summed E-state index contributed by atoms with van der Waals surface area (Å²) in [4.78, 5) is 4.90. The van der Waals surface area contributed by atoms with Gasteiger partial charge in [0.1, 0.15) is 0 Å². The fourth-order valence-electron chi connectivity index (χ4n) is 5.44. The van der Waals surface area contributed by atoms with E-state index in [1.54, 1.807) is 5.38 Å². The molecule has 0 amide bonds. The second-order valence-electron chi connectivity index (χ2n) is 7.58. The average molecular weight is 372 g/mol. The first kappa shape index (κ1) is 14.5. The summed E-state index contributed by atoms with van der Waals surface area (Å²) in [6, 6.07) is 0. The number of hydrogen-bond acceptors (Lipinski definition) is 4. The van der Waals surface area contributed by atoms with Crippen molar-refractivity contribution in [1.82, 2.24) is 4.72 Å². The van der Waals surface area contributed by atoms with Gasteiger partial charge >= 0.3 is 0 Å². The summed E-state index contributed by atoms with van der Waals surface area (Å²) >= 11 is 7.26. The van der Waals surface area contributed by atoms with E-state index in [4.69, 9.17) is 16.6 Å². The molecule has 5 aliphatic rings. The number of thiophene rings is 1. The van der Waals surface area contributed by atoms with Gasteiger partial charge in [-0.3, -0.25) is 0 Å². The lowest BCUT2D eigenvalue weighted by atomic mass is 9.53. The molecule has 4 aliphatic carbocycles. The average Bonchev–Trinajstić information content (AvgIpc) is 2.78. The van der Waals surface area contributed by atoms with Crippen molar-refractivity contribution in [3.8, 4) is 0 Å². The minimum Gasteiger partial charge on any atom is -0.322 e. The van der Waals surface area contributed by atoms with Crippen LogP contribution in [0.4, 0.5) is 5.69 Å². The van der Waals surface area contributed by atoms with Gasteiger partial charge in [0.05, 0.1) is 16.2 Å². The first-order chi connectivity index (χ1) is 10.9. The highest BCUT2D eigenvalue weighted by Crippen LogP contribution is 2.57. The van der Waals surface area contributed by atoms with E-state index in [-0.39, 0.29) is 9.75 Å². The third kappa shape index (κ3) is 2.23. The molecule has 4 bridgehead atoms. The fraction of sp³-hybridized carbons (Fsp3) is 0.667. The summed E-state index contributed by atoms with van der Waals surface area (Å²) in [6.07, 6.45) is 7.29. The van der Waals surface area contributed by atoms with Crippen LogP contribution in [0.1, 0.15) is 38.5 Å². The Bertz CT molecular complexity index is 779. The van der Waals surface area contributed by atoms with Gasteiger partial charge in [-0.2, -0.15) is 0 Å². The van der Waals surface area contributed by atoms with Crippen molar-refractivity contribution in [2.75, 3.05) is 5.32 Å². The monoisotopic (exact) mass is 371 g/mol. The molecule has 0 spiro atoms. The lowest BCUT2D eigenvalue weighted by Gasteiger charge is -2.55. The van der Waals surface area contributed by atoms with E-state index in [1.165, 1.54) is 19.3 Å². The van der Waals surface area contributed by atoms with E-state index in [2.05, 4.69) is 10.0 Å². The van der Waals surface area contributed by atoms with Gasteiger partial charge in [-0.1, -0.05) is 11.6 Å². The molecule has 0 saturated heterocycles. The van der Waals surface area contributed by atoms with Crippen LogP contribution >= 0.6 is 22.9 Å². The van der Waals surface area contributed by atoms with Crippen molar-refractivity contribution < 1.29 is 8.42 Å². The predicted octanol–water partition coefficient (Wildman–Crippen LogP) is 3.43. The van der Waals surface area contributed by atoms with Crippen LogP contribution in [0.15, 0.2) is 14.6 Å². The molecule has 124 valence electrons. The molecule has 1 aromatic heterocycles. The van der Waals surface area contributed by atoms with Gasteiger partial charge in [0, 0.05) is 5.38 Å². The van der Waals surface area contributed by atoms with E-state index in [0.29, 0.717) is 16.7 Å². The molecule has 1 aromatic rings.